The maximum absolute atomic E-state index is 8.19. The second-order valence-electron chi connectivity index (χ2n) is 1.13. The molecule has 0 bridgehead atoms. The molecule has 8 heavy (non-hydrogen) atoms. The zero-order chi connectivity index (χ0) is 6.24. The first kappa shape index (κ1) is 7.84. The predicted octanol–water partition coefficient (Wildman–Crippen LogP) is -0.122. The molecule has 50 valence electrons. The van der Waals surface area contributed by atoms with Crippen molar-refractivity contribution in [1.29, 1.82) is 0 Å². The summed E-state index contributed by atoms with van der Waals surface area (Å²) in [5.74, 6) is 0. The molecule has 0 aromatic rings. The molecule has 4 heteroatoms. The van der Waals surface area contributed by atoms with Crippen molar-refractivity contribution in [2.45, 2.75) is 6.42 Å². The topological polar surface area (TPSA) is 47.9 Å². The standard InChI is InChI=1S/C4H10O4/c1-6-8-7-4-2-3-5/h5H,2-4H2,1H3. The molecule has 1 N–H and O–H groups in total. The van der Waals surface area contributed by atoms with E-state index in [2.05, 4.69) is 14.8 Å². The van der Waals surface area contributed by atoms with Gasteiger partial charge in [-0.3, -0.25) is 0 Å². The van der Waals surface area contributed by atoms with Crippen molar-refractivity contribution in [2.24, 2.45) is 0 Å². The van der Waals surface area contributed by atoms with Crippen LogP contribution >= 0.6 is 0 Å². The molecule has 0 amide bonds. The normalized spacial score (nSPS) is 9.75. The smallest absolute Gasteiger partial charge is 0.0875 e. The first-order valence-corrected chi connectivity index (χ1v) is 2.35. The van der Waals surface area contributed by atoms with Crippen LogP contribution in [0.2, 0.25) is 0 Å². The molecule has 0 aliphatic carbocycles. The Labute approximate surface area is 47.8 Å². The molecular weight excluding hydrogens is 112 g/mol. The molecule has 0 aromatic heterocycles. The summed E-state index contributed by atoms with van der Waals surface area (Å²) in [7, 11) is 1.35. The lowest BCUT2D eigenvalue weighted by atomic mass is 10.5. The SMILES string of the molecule is COOOCCCO. The van der Waals surface area contributed by atoms with Gasteiger partial charge in [-0.15, -0.1) is 0 Å². The van der Waals surface area contributed by atoms with Gasteiger partial charge < -0.3 is 5.11 Å². The Morgan fingerprint density at radius 3 is 2.75 bits per heavy atom. The van der Waals surface area contributed by atoms with E-state index in [-0.39, 0.29) is 6.61 Å². The van der Waals surface area contributed by atoms with Crippen molar-refractivity contribution < 1.29 is 19.9 Å². The van der Waals surface area contributed by atoms with Crippen molar-refractivity contribution in [2.75, 3.05) is 20.3 Å². The van der Waals surface area contributed by atoms with Gasteiger partial charge in [-0.2, -0.15) is 0 Å². The molecule has 4 nitrogen and oxygen atoms in total. The molecule has 0 radical (unpaired) electrons. The molecule has 0 aliphatic heterocycles. The summed E-state index contributed by atoms with van der Waals surface area (Å²) in [5.41, 5.74) is 0. The van der Waals surface area contributed by atoms with Crippen LogP contribution in [0, 0.1) is 0 Å². The van der Waals surface area contributed by atoms with Crippen LogP contribution < -0.4 is 0 Å². The Bertz CT molecular complexity index is 33.0. The third kappa shape index (κ3) is 5.84. The fourth-order valence-corrected chi connectivity index (χ4v) is 0.206. The molecule has 0 aromatic carbocycles. The molecule has 0 fully saturated rings. The molecule has 0 unspecified atom stereocenters. The van der Waals surface area contributed by atoms with Crippen LogP contribution in [-0.4, -0.2) is 25.4 Å². The van der Waals surface area contributed by atoms with E-state index < -0.39 is 0 Å². The number of rotatable bonds is 5. The van der Waals surface area contributed by atoms with Crippen LogP contribution in [0.1, 0.15) is 6.42 Å². The van der Waals surface area contributed by atoms with Gasteiger partial charge in [0.1, 0.15) is 0 Å². The Kier molecular flexibility index (Phi) is 6.70. The van der Waals surface area contributed by atoms with Gasteiger partial charge in [-0.05, 0) is 6.42 Å². The Hall–Kier alpha value is -0.160. The summed E-state index contributed by atoms with van der Waals surface area (Å²) in [6, 6.07) is 0. The van der Waals surface area contributed by atoms with Gasteiger partial charge in [0, 0.05) is 6.61 Å². The number of aliphatic hydroxyl groups excluding tert-OH is 1. The third-order valence-electron chi connectivity index (χ3n) is 0.502. The molecule has 0 atom stereocenters. The lowest BCUT2D eigenvalue weighted by Crippen LogP contribution is -1.97. The zero-order valence-corrected chi connectivity index (χ0v) is 4.79. The van der Waals surface area contributed by atoms with Crippen molar-refractivity contribution >= 4 is 0 Å². The van der Waals surface area contributed by atoms with E-state index in [4.69, 9.17) is 5.11 Å². The average Bonchev–Trinajstić information content (AvgIpc) is 1.81. The second kappa shape index (κ2) is 6.84. The summed E-state index contributed by atoms with van der Waals surface area (Å²) in [6.07, 6.45) is 0.559. The fraction of sp³-hybridized carbons (Fsp3) is 1.00. The second-order valence-corrected chi connectivity index (χ2v) is 1.13. The summed E-state index contributed by atoms with van der Waals surface area (Å²) in [6.45, 7) is 0.456. The lowest BCUT2D eigenvalue weighted by molar-refractivity contribution is -0.502. The van der Waals surface area contributed by atoms with E-state index in [1.807, 2.05) is 0 Å². The van der Waals surface area contributed by atoms with E-state index >= 15 is 0 Å². The van der Waals surface area contributed by atoms with Crippen LogP contribution in [0.15, 0.2) is 0 Å². The maximum atomic E-state index is 8.19. The lowest BCUT2D eigenvalue weighted by Gasteiger charge is -1.95. The van der Waals surface area contributed by atoms with Gasteiger partial charge in [-0.1, -0.05) is 5.04 Å². The van der Waals surface area contributed by atoms with Crippen molar-refractivity contribution in [3.8, 4) is 0 Å². The molecular formula is C4H10O4. The monoisotopic (exact) mass is 122 g/mol. The van der Waals surface area contributed by atoms with Crippen LogP contribution in [-0.2, 0) is 14.8 Å². The highest BCUT2D eigenvalue weighted by molar-refractivity contribution is 4.24. The number of hydrogen-bond acceptors (Lipinski definition) is 4. The Morgan fingerprint density at radius 2 is 2.25 bits per heavy atom. The van der Waals surface area contributed by atoms with Gasteiger partial charge in [-0.25, -0.2) is 9.78 Å². The van der Waals surface area contributed by atoms with E-state index in [0.29, 0.717) is 13.0 Å². The highest BCUT2D eigenvalue weighted by Crippen LogP contribution is 1.81. The minimum absolute atomic E-state index is 0.104. The molecule has 0 heterocycles. The molecule has 0 spiro atoms. The third-order valence-corrected chi connectivity index (χ3v) is 0.502. The van der Waals surface area contributed by atoms with Gasteiger partial charge in [0.25, 0.3) is 0 Å². The van der Waals surface area contributed by atoms with Gasteiger partial charge >= 0.3 is 0 Å². The molecule has 0 aliphatic rings. The Balaban J connectivity index is 2.53. The van der Waals surface area contributed by atoms with Crippen molar-refractivity contribution in [1.82, 2.24) is 0 Å². The van der Waals surface area contributed by atoms with Crippen LogP contribution in [0.4, 0.5) is 0 Å². The van der Waals surface area contributed by atoms with Crippen molar-refractivity contribution in [3.05, 3.63) is 0 Å². The summed E-state index contributed by atoms with van der Waals surface area (Å²) in [4.78, 5) is 8.43. The van der Waals surface area contributed by atoms with Gasteiger partial charge in [0.15, 0.2) is 0 Å². The Morgan fingerprint density at radius 1 is 1.50 bits per heavy atom. The summed E-state index contributed by atoms with van der Waals surface area (Å²) < 4.78 is 0. The highest BCUT2D eigenvalue weighted by Gasteiger charge is 1.83. The highest BCUT2D eigenvalue weighted by atomic mass is 17.5. The largest absolute Gasteiger partial charge is 0.396 e. The quantitative estimate of drug-likeness (QED) is 0.313. The van der Waals surface area contributed by atoms with Gasteiger partial charge in [0.2, 0.25) is 0 Å². The van der Waals surface area contributed by atoms with Gasteiger partial charge in [0.05, 0.1) is 13.7 Å². The minimum Gasteiger partial charge on any atom is -0.396 e. The predicted molar refractivity (Wildman–Crippen MR) is 25.7 cm³/mol. The van der Waals surface area contributed by atoms with E-state index in [1.54, 1.807) is 0 Å². The maximum Gasteiger partial charge on any atom is 0.0875 e. The van der Waals surface area contributed by atoms with E-state index in [9.17, 15) is 0 Å². The zero-order valence-electron chi connectivity index (χ0n) is 4.79. The summed E-state index contributed by atoms with van der Waals surface area (Å²) in [5, 5.41) is 12.2. The van der Waals surface area contributed by atoms with E-state index in [0.717, 1.165) is 0 Å². The van der Waals surface area contributed by atoms with Crippen LogP contribution in [0.25, 0.3) is 0 Å². The number of aliphatic hydroxyl groups is 1. The van der Waals surface area contributed by atoms with Crippen LogP contribution in [0.5, 0.6) is 0 Å². The molecule has 0 saturated carbocycles. The minimum atomic E-state index is 0.104. The van der Waals surface area contributed by atoms with E-state index in [1.165, 1.54) is 7.11 Å². The number of hydrogen-bond donors (Lipinski definition) is 1. The van der Waals surface area contributed by atoms with Crippen molar-refractivity contribution in [3.63, 3.8) is 0 Å². The first-order chi connectivity index (χ1) is 3.91. The summed E-state index contributed by atoms with van der Waals surface area (Å²) >= 11 is 0. The molecule has 0 saturated heterocycles. The van der Waals surface area contributed by atoms with Crippen LogP contribution in [0.3, 0.4) is 0 Å². The molecule has 0 rings (SSSR count). The average molecular weight is 122 g/mol. The fourth-order valence-electron chi connectivity index (χ4n) is 0.206. The first-order valence-electron chi connectivity index (χ1n) is 2.35.